The zero-order valence-electron chi connectivity index (χ0n) is 19.5. The first-order chi connectivity index (χ1) is 16.1. The zero-order chi connectivity index (χ0) is 23.0. The molecule has 0 bridgehead atoms. The number of carbonyl (C=O) groups excluding carboxylic acids is 1. The van der Waals surface area contributed by atoms with Crippen LogP contribution in [0.3, 0.4) is 0 Å². The molecule has 1 aromatic heterocycles. The zero-order valence-corrected chi connectivity index (χ0v) is 19.5. The summed E-state index contributed by atoms with van der Waals surface area (Å²) in [4.78, 5) is 15.8. The van der Waals surface area contributed by atoms with Crippen molar-refractivity contribution in [3.8, 4) is 0 Å². The Bertz CT molecular complexity index is 1150. The number of aryl methyl sites for hydroxylation is 1. The first-order valence-electron chi connectivity index (χ1n) is 11.7. The van der Waals surface area contributed by atoms with Crippen molar-refractivity contribution < 1.29 is 4.79 Å². The lowest BCUT2D eigenvalue weighted by Gasteiger charge is -2.28. The normalized spacial score (nSPS) is 11.8. The Kier molecular flexibility index (Phi) is 7.41. The van der Waals surface area contributed by atoms with Crippen LogP contribution >= 0.6 is 0 Å². The standard InChI is InChI=1S/C30H32N2O/c1-3-29(27-13-8-5-9-14-27)30(33)32(22-25-11-6-4-7-12-25)23-28-15-10-20-31(28)21-26-18-16-24(2)17-19-26/h4-20,29H,3,21-23H2,1-2H3. The Hall–Kier alpha value is -3.59. The maximum Gasteiger partial charge on any atom is 0.230 e. The Balaban J connectivity index is 1.60. The van der Waals surface area contributed by atoms with E-state index in [4.69, 9.17) is 0 Å². The van der Waals surface area contributed by atoms with Crippen LogP contribution in [0.25, 0.3) is 0 Å². The topological polar surface area (TPSA) is 25.2 Å². The highest BCUT2D eigenvalue weighted by Crippen LogP contribution is 2.25. The highest BCUT2D eigenvalue weighted by Gasteiger charge is 2.25. The second-order valence-corrected chi connectivity index (χ2v) is 8.66. The van der Waals surface area contributed by atoms with E-state index in [1.807, 2.05) is 41.3 Å². The van der Waals surface area contributed by atoms with Gasteiger partial charge in [-0.15, -0.1) is 0 Å². The molecule has 0 saturated heterocycles. The molecule has 1 heterocycles. The molecular weight excluding hydrogens is 404 g/mol. The van der Waals surface area contributed by atoms with Crippen LogP contribution in [-0.4, -0.2) is 15.4 Å². The summed E-state index contributed by atoms with van der Waals surface area (Å²) in [7, 11) is 0. The fourth-order valence-corrected chi connectivity index (χ4v) is 4.31. The number of nitrogens with zero attached hydrogens (tertiary/aromatic N) is 2. The lowest BCUT2D eigenvalue weighted by atomic mass is 9.94. The minimum absolute atomic E-state index is 0.143. The van der Waals surface area contributed by atoms with Crippen LogP contribution in [0.1, 0.15) is 47.2 Å². The van der Waals surface area contributed by atoms with Crippen molar-refractivity contribution in [3.05, 3.63) is 131 Å². The van der Waals surface area contributed by atoms with Crippen LogP contribution in [0.4, 0.5) is 0 Å². The average molecular weight is 437 g/mol. The molecule has 168 valence electrons. The lowest BCUT2D eigenvalue weighted by molar-refractivity contribution is -0.134. The van der Waals surface area contributed by atoms with Crippen LogP contribution < -0.4 is 0 Å². The van der Waals surface area contributed by atoms with Crippen molar-refractivity contribution in [1.29, 1.82) is 0 Å². The smallest absolute Gasteiger partial charge is 0.230 e. The highest BCUT2D eigenvalue weighted by atomic mass is 16.2. The fraction of sp³-hybridized carbons (Fsp3) is 0.233. The summed E-state index contributed by atoms with van der Waals surface area (Å²) < 4.78 is 2.25. The minimum atomic E-state index is -0.143. The predicted molar refractivity (Wildman–Crippen MR) is 135 cm³/mol. The molecule has 0 aliphatic carbocycles. The van der Waals surface area contributed by atoms with Gasteiger partial charge in [-0.05, 0) is 42.2 Å². The molecule has 4 rings (SSSR count). The third-order valence-corrected chi connectivity index (χ3v) is 6.19. The molecule has 1 unspecified atom stereocenters. The summed E-state index contributed by atoms with van der Waals surface area (Å²) in [5.41, 5.74) is 5.89. The van der Waals surface area contributed by atoms with Gasteiger partial charge in [0, 0.05) is 25.0 Å². The van der Waals surface area contributed by atoms with Crippen LogP contribution in [0, 0.1) is 6.92 Å². The number of benzene rings is 3. The van der Waals surface area contributed by atoms with E-state index in [0.29, 0.717) is 13.1 Å². The molecule has 1 atom stereocenters. The summed E-state index contributed by atoms with van der Waals surface area (Å²) in [5.74, 6) is 0.0334. The van der Waals surface area contributed by atoms with Gasteiger partial charge in [0.25, 0.3) is 0 Å². The third-order valence-electron chi connectivity index (χ3n) is 6.19. The number of amides is 1. The minimum Gasteiger partial charge on any atom is -0.345 e. The molecule has 33 heavy (non-hydrogen) atoms. The fourth-order valence-electron chi connectivity index (χ4n) is 4.31. The van der Waals surface area contributed by atoms with Gasteiger partial charge < -0.3 is 9.47 Å². The molecule has 0 aliphatic rings. The summed E-state index contributed by atoms with van der Waals surface area (Å²) >= 11 is 0. The van der Waals surface area contributed by atoms with Crippen molar-refractivity contribution in [2.75, 3.05) is 0 Å². The highest BCUT2D eigenvalue weighted by molar-refractivity contribution is 5.83. The van der Waals surface area contributed by atoms with Crippen LogP contribution in [0.2, 0.25) is 0 Å². The second kappa shape index (κ2) is 10.8. The van der Waals surface area contributed by atoms with Gasteiger partial charge in [0.1, 0.15) is 0 Å². The van der Waals surface area contributed by atoms with E-state index in [-0.39, 0.29) is 11.8 Å². The molecule has 3 nitrogen and oxygen atoms in total. The van der Waals surface area contributed by atoms with Gasteiger partial charge >= 0.3 is 0 Å². The van der Waals surface area contributed by atoms with Gasteiger partial charge in [-0.2, -0.15) is 0 Å². The van der Waals surface area contributed by atoms with Crippen molar-refractivity contribution in [2.45, 2.75) is 45.8 Å². The Labute approximate surface area is 197 Å². The molecular formula is C30H32N2O. The second-order valence-electron chi connectivity index (χ2n) is 8.66. The molecule has 4 aromatic rings. The van der Waals surface area contributed by atoms with E-state index in [0.717, 1.165) is 29.8 Å². The van der Waals surface area contributed by atoms with Crippen LogP contribution in [0.15, 0.2) is 103 Å². The number of carbonyl (C=O) groups is 1. The largest absolute Gasteiger partial charge is 0.345 e. The molecule has 0 N–H and O–H groups in total. The number of hydrogen-bond donors (Lipinski definition) is 0. The summed E-state index contributed by atoms with van der Waals surface area (Å²) in [6.07, 6.45) is 2.88. The predicted octanol–water partition coefficient (Wildman–Crippen LogP) is 6.57. The maximum atomic E-state index is 13.8. The first kappa shape index (κ1) is 22.6. The summed E-state index contributed by atoms with van der Waals surface area (Å²) in [6.45, 7) is 6.17. The quantitative estimate of drug-likeness (QED) is 0.291. The molecule has 0 fully saturated rings. The van der Waals surface area contributed by atoms with E-state index >= 15 is 0 Å². The van der Waals surface area contributed by atoms with Crippen molar-refractivity contribution >= 4 is 5.91 Å². The molecule has 0 saturated carbocycles. The lowest BCUT2D eigenvalue weighted by Crippen LogP contribution is -2.35. The molecule has 1 amide bonds. The SMILES string of the molecule is CCC(C(=O)N(Cc1ccccc1)Cc1cccn1Cc1ccc(C)cc1)c1ccccc1. The number of aromatic nitrogens is 1. The van der Waals surface area contributed by atoms with Crippen LogP contribution in [0.5, 0.6) is 0 Å². The van der Waals surface area contributed by atoms with Gasteiger partial charge in [-0.1, -0.05) is 97.4 Å². The maximum absolute atomic E-state index is 13.8. The Morgan fingerprint density at radius 1 is 0.788 bits per heavy atom. The van der Waals surface area contributed by atoms with E-state index < -0.39 is 0 Å². The van der Waals surface area contributed by atoms with Gasteiger partial charge in [0.2, 0.25) is 5.91 Å². The van der Waals surface area contributed by atoms with Crippen molar-refractivity contribution in [2.24, 2.45) is 0 Å². The molecule has 0 radical (unpaired) electrons. The molecule has 0 aliphatic heterocycles. The van der Waals surface area contributed by atoms with E-state index in [1.54, 1.807) is 0 Å². The monoisotopic (exact) mass is 436 g/mol. The Morgan fingerprint density at radius 3 is 2.12 bits per heavy atom. The van der Waals surface area contributed by atoms with E-state index in [2.05, 4.69) is 85.3 Å². The van der Waals surface area contributed by atoms with Gasteiger partial charge in [0.05, 0.1) is 12.5 Å². The molecule has 3 aromatic carbocycles. The van der Waals surface area contributed by atoms with E-state index in [1.165, 1.54) is 11.1 Å². The van der Waals surface area contributed by atoms with Gasteiger partial charge in [-0.25, -0.2) is 0 Å². The first-order valence-corrected chi connectivity index (χ1v) is 11.7. The summed E-state index contributed by atoms with van der Waals surface area (Å²) in [6, 6.07) is 33.3. The summed E-state index contributed by atoms with van der Waals surface area (Å²) in [5, 5.41) is 0. The number of rotatable bonds is 9. The van der Waals surface area contributed by atoms with Crippen LogP contribution in [-0.2, 0) is 24.4 Å². The van der Waals surface area contributed by atoms with Gasteiger partial charge in [0.15, 0.2) is 0 Å². The van der Waals surface area contributed by atoms with Crippen molar-refractivity contribution in [1.82, 2.24) is 9.47 Å². The Morgan fingerprint density at radius 2 is 1.45 bits per heavy atom. The molecule has 0 spiro atoms. The van der Waals surface area contributed by atoms with Crippen molar-refractivity contribution in [3.63, 3.8) is 0 Å². The third kappa shape index (κ3) is 5.81. The average Bonchev–Trinajstić information content (AvgIpc) is 3.28. The number of hydrogen-bond acceptors (Lipinski definition) is 1. The van der Waals surface area contributed by atoms with E-state index in [9.17, 15) is 4.79 Å². The molecule has 3 heteroatoms. The van der Waals surface area contributed by atoms with Gasteiger partial charge in [-0.3, -0.25) is 4.79 Å².